The first-order valence-electron chi connectivity index (χ1n) is 5.61. The Morgan fingerprint density at radius 3 is 3.00 bits per heavy atom. The molecule has 0 saturated carbocycles. The van der Waals surface area contributed by atoms with Crippen molar-refractivity contribution in [3.8, 4) is 5.88 Å². The van der Waals surface area contributed by atoms with Crippen molar-refractivity contribution in [3.05, 3.63) is 35.5 Å². The third-order valence-corrected chi connectivity index (χ3v) is 2.33. The SMILES string of the molecule is CC/C=C(\C)C(=O)NCc1ccnc(OC)c1. The van der Waals surface area contributed by atoms with Crippen molar-refractivity contribution < 1.29 is 9.53 Å². The lowest BCUT2D eigenvalue weighted by molar-refractivity contribution is -0.117. The molecule has 0 radical (unpaired) electrons. The number of carbonyl (C=O) groups is 1. The van der Waals surface area contributed by atoms with Crippen LogP contribution in [0.3, 0.4) is 0 Å². The van der Waals surface area contributed by atoms with Crippen LogP contribution in [0.4, 0.5) is 0 Å². The summed E-state index contributed by atoms with van der Waals surface area (Å²) in [5.41, 5.74) is 1.71. The van der Waals surface area contributed by atoms with Crippen molar-refractivity contribution in [1.29, 1.82) is 0 Å². The second-order valence-corrected chi connectivity index (χ2v) is 3.68. The second kappa shape index (κ2) is 6.68. The maximum atomic E-state index is 11.6. The van der Waals surface area contributed by atoms with Crippen molar-refractivity contribution >= 4 is 5.91 Å². The Kier molecular flexibility index (Phi) is 5.20. The van der Waals surface area contributed by atoms with Crippen LogP contribution in [0.1, 0.15) is 25.8 Å². The summed E-state index contributed by atoms with van der Waals surface area (Å²) in [5, 5.41) is 2.84. The van der Waals surface area contributed by atoms with E-state index in [0.717, 1.165) is 17.6 Å². The first-order chi connectivity index (χ1) is 8.17. The molecule has 0 fully saturated rings. The van der Waals surface area contributed by atoms with Crippen LogP contribution in [0.5, 0.6) is 5.88 Å². The normalized spacial score (nSPS) is 11.1. The molecule has 0 unspecified atom stereocenters. The van der Waals surface area contributed by atoms with Crippen molar-refractivity contribution in [2.75, 3.05) is 7.11 Å². The number of nitrogens with zero attached hydrogens (tertiary/aromatic N) is 1. The van der Waals surface area contributed by atoms with Crippen LogP contribution in [-0.2, 0) is 11.3 Å². The van der Waals surface area contributed by atoms with E-state index in [2.05, 4.69) is 10.3 Å². The maximum Gasteiger partial charge on any atom is 0.246 e. The summed E-state index contributed by atoms with van der Waals surface area (Å²) in [4.78, 5) is 15.6. The van der Waals surface area contributed by atoms with E-state index in [1.807, 2.05) is 26.0 Å². The number of ether oxygens (including phenoxy) is 1. The average Bonchev–Trinajstić information content (AvgIpc) is 2.36. The minimum atomic E-state index is -0.0392. The molecule has 4 heteroatoms. The minimum absolute atomic E-state index is 0.0392. The Bertz CT molecular complexity index is 414. The Morgan fingerprint density at radius 1 is 1.59 bits per heavy atom. The number of rotatable bonds is 5. The lowest BCUT2D eigenvalue weighted by Gasteiger charge is -2.06. The van der Waals surface area contributed by atoms with Crippen molar-refractivity contribution in [2.24, 2.45) is 0 Å². The van der Waals surface area contributed by atoms with Crippen LogP contribution < -0.4 is 10.1 Å². The predicted molar refractivity (Wildman–Crippen MR) is 66.7 cm³/mol. The molecule has 92 valence electrons. The largest absolute Gasteiger partial charge is 0.481 e. The number of allylic oxidation sites excluding steroid dienone is 1. The highest BCUT2D eigenvalue weighted by Gasteiger charge is 2.03. The van der Waals surface area contributed by atoms with E-state index in [1.165, 1.54) is 0 Å². The molecule has 1 heterocycles. The summed E-state index contributed by atoms with van der Waals surface area (Å²) in [6.45, 7) is 4.29. The summed E-state index contributed by atoms with van der Waals surface area (Å²) in [5.74, 6) is 0.514. The van der Waals surface area contributed by atoms with Crippen LogP contribution in [0, 0.1) is 0 Å². The van der Waals surface area contributed by atoms with Gasteiger partial charge in [-0.25, -0.2) is 4.98 Å². The summed E-state index contributed by atoms with van der Waals surface area (Å²) >= 11 is 0. The van der Waals surface area contributed by atoms with Crippen molar-refractivity contribution in [3.63, 3.8) is 0 Å². The maximum absolute atomic E-state index is 11.6. The Morgan fingerprint density at radius 2 is 2.35 bits per heavy atom. The molecule has 0 atom stereocenters. The molecule has 1 aromatic heterocycles. The van der Waals surface area contributed by atoms with Gasteiger partial charge in [0.05, 0.1) is 7.11 Å². The summed E-state index contributed by atoms with van der Waals surface area (Å²) in [6.07, 6.45) is 4.43. The zero-order valence-electron chi connectivity index (χ0n) is 10.5. The van der Waals surface area contributed by atoms with Crippen LogP contribution in [0.2, 0.25) is 0 Å². The fraction of sp³-hybridized carbons (Fsp3) is 0.385. The molecule has 17 heavy (non-hydrogen) atoms. The number of pyridine rings is 1. The van der Waals surface area contributed by atoms with Gasteiger partial charge in [0, 0.05) is 24.4 Å². The molecule has 4 nitrogen and oxygen atoms in total. The van der Waals surface area contributed by atoms with Gasteiger partial charge in [-0.15, -0.1) is 0 Å². The van der Waals surface area contributed by atoms with Gasteiger partial charge in [-0.1, -0.05) is 13.0 Å². The highest BCUT2D eigenvalue weighted by molar-refractivity contribution is 5.92. The highest BCUT2D eigenvalue weighted by atomic mass is 16.5. The number of hydrogen-bond donors (Lipinski definition) is 1. The van der Waals surface area contributed by atoms with Gasteiger partial charge in [0.1, 0.15) is 0 Å². The number of carbonyl (C=O) groups excluding carboxylic acids is 1. The van der Waals surface area contributed by atoms with Gasteiger partial charge in [-0.2, -0.15) is 0 Å². The molecule has 1 rings (SSSR count). The first kappa shape index (κ1) is 13.2. The van der Waals surface area contributed by atoms with E-state index >= 15 is 0 Å². The topological polar surface area (TPSA) is 51.2 Å². The Balaban J connectivity index is 2.55. The molecule has 0 aliphatic heterocycles. The Hall–Kier alpha value is -1.84. The lowest BCUT2D eigenvalue weighted by Crippen LogP contribution is -2.23. The fourth-order valence-corrected chi connectivity index (χ4v) is 1.39. The molecule has 0 aliphatic rings. The van der Waals surface area contributed by atoms with Gasteiger partial charge in [0.15, 0.2) is 0 Å². The number of hydrogen-bond acceptors (Lipinski definition) is 3. The van der Waals surface area contributed by atoms with Gasteiger partial charge in [-0.3, -0.25) is 4.79 Å². The molecule has 1 N–H and O–H groups in total. The number of amides is 1. The number of methoxy groups -OCH3 is 1. The van der Waals surface area contributed by atoms with E-state index in [1.54, 1.807) is 19.4 Å². The van der Waals surface area contributed by atoms with Gasteiger partial charge in [-0.05, 0) is 25.0 Å². The Labute approximate surface area is 102 Å². The third-order valence-electron chi connectivity index (χ3n) is 2.33. The van der Waals surface area contributed by atoms with E-state index in [9.17, 15) is 4.79 Å². The smallest absolute Gasteiger partial charge is 0.246 e. The van der Waals surface area contributed by atoms with Gasteiger partial charge >= 0.3 is 0 Å². The van der Waals surface area contributed by atoms with E-state index < -0.39 is 0 Å². The highest BCUT2D eigenvalue weighted by Crippen LogP contribution is 2.08. The van der Waals surface area contributed by atoms with E-state index in [4.69, 9.17) is 4.74 Å². The summed E-state index contributed by atoms with van der Waals surface area (Å²) in [6, 6.07) is 3.65. The zero-order valence-corrected chi connectivity index (χ0v) is 10.5. The average molecular weight is 234 g/mol. The van der Waals surface area contributed by atoms with Crippen molar-refractivity contribution in [2.45, 2.75) is 26.8 Å². The minimum Gasteiger partial charge on any atom is -0.481 e. The van der Waals surface area contributed by atoms with Crippen LogP contribution in [0.25, 0.3) is 0 Å². The molecule has 0 spiro atoms. The molecule has 0 aliphatic carbocycles. The quantitative estimate of drug-likeness (QED) is 0.793. The second-order valence-electron chi connectivity index (χ2n) is 3.68. The standard InChI is InChI=1S/C13H18N2O2/c1-4-5-10(2)13(16)15-9-11-6-7-14-12(8-11)17-3/h5-8H,4,9H2,1-3H3,(H,15,16)/b10-5+. The number of aromatic nitrogens is 1. The fourth-order valence-electron chi connectivity index (χ4n) is 1.39. The van der Waals surface area contributed by atoms with E-state index in [-0.39, 0.29) is 5.91 Å². The van der Waals surface area contributed by atoms with Crippen molar-refractivity contribution in [1.82, 2.24) is 10.3 Å². The van der Waals surface area contributed by atoms with Crippen LogP contribution >= 0.6 is 0 Å². The van der Waals surface area contributed by atoms with Crippen LogP contribution in [-0.4, -0.2) is 18.0 Å². The molecule has 0 aromatic carbocycles. The van der Waals surface area contributed by atoms with Gasteiger partial charge in [0.25, 0.3) is 0 Å². The third kappa shape index (κ3) is 4.26. The predicted octanol–water partition coefficient (Wildman–Crippen LogP) is 2.06. The first-order valence-corrected chi connectivity index (χ1v) is 5.61. The molecule has 1 amide bonds. The molecule has 0 bridgehead atoms. The summed E-state index contributed by atoms with van der Waals surface area (Å²) in [7, 11) is 1.57. The lowest BCUT2D eigenvalue weighted by atomic mass is 10.2. The monoisotopic (exact) mass is 234 g/mol. The molecular formula is C13H18N2O2. The number of nitrogens with one attached hydrogen (secondary N) is 1. The molecular weight excluding hydrogens is 216 g/mol. The van der Waals surface area contributed by atoms with Gasteiger partial charge < -0.3 is 10.1 Å². The van der Waals surface area contributed by atoms with Gasteiger partial charge in [0.2, 0.25) is 11.8 Å². The van der Waals surface area contributed by atoms with Crippen LogP contribution in [0.15, 0.2) is 30.0 Å². The van der Waals surface area contributed by atoms with E-state index in [0.29, 0.717) is 12.4 Å². The molecule has 0 saturated heterocycles. The molecule has 1 aromatic rings. The summed E-state index contributed by atoms with van der Waals surface area (Å²) < 4.78 is 5.01. The zero-order chi connectivity index (χ0) is 12.7.